The smallest absolute Gasteiger partial charge is 0.337 e. The number of hydrogen-bond donors (Lipinski definition) is 2. The van der Waals surface area contributed by atoms with Crippen LogP contribution in [0.5, 0.6) is 0 Å². The van der Waals surface area contributed by atoms with Gasteiger partial charge in [0.05, 0.1) is 11.1 Å². The van der Waals surface area contributed by atoms with Crippen LogP contribution in [0.1, 0.15) is 41.4 Å². The van der Waals surface area contributed by atoms with Gasteiger partial charge in [0, 0.05) is 25.9 Å². The first-order chi connectivity index (χ1) is 10.1. The molecule has 0 atom stereocenters. The Balaban J connectivity index is 2.07. The van der Waals surface area contributed by atoms with Crippen LogP contribution in [0.25, 0.3) is 11.0 Å². The van der Waals surface area contributed by atoms with E-state index in [-0.39, 0.29) is 11.5 Å². The number of nitrogens with zero attached hydrogens (tertiary/aromatic N) is 2. The van der Waals surface area contributed by atoms with E-state index in [1.165, 1.54) is 0 Å². The summed E-state index contributed by atoms with van der Waals surface area (Å²) in [5.74, 6) is 0.290. The van der Waals surface area contributed by atoms with Gasteiger partial charge in [0.25, 0.3) is 0 Å². The van der Waals surface area contributed by atoms with E-state index < -0.39 is 5.97 Å². The minimum atomic E-state index is -0.973. The molecular formula is C15H17N3O3. The SMILES string of the molecule is CNC(=O)CCn1c(C2CC2)nc2c(C(=O)O)cccc21. The number of imidazole rings is 1. The van der Waals surface area contributed by atoms with Gasteiger partial charge in [0.1, 0.15) is 11.3 Å². The third-order valence-corrected chi connectivity index (χ3v) is 3.82. The highest BCUT2D eigenvalue weighted by Crippen LogP contribution is 2.41. The lowest BCUT2D eigenvalue weighted by Crippen LogP contribution is -2.20. The molecule has 0 spiro atoms. The first-order valence-electron chi connectivity index (χ1n) is 7.05. The number of carbonyl (C=O) groups excluding carboxylic acids is 1. The summed E-state index contributed by atoms with van der Waals surface area (Å²) in [5, 5.41) is 11.9. The topological polar surface area (TPSA) is 84.2 Å². The Morgan fingerprint density at radius 1 is 1.43 bits per heavy atom. The van der Waals surface area contributed by atoms with Crippen LogP contribution in [0, 0.1) is 0 Å². The van der Waals surface area contributed by atoms with Crippen molar-refractivity contribution in [2.45, 2.75) is 31.7 Å². The number of aromatic carboxylic acids is 1. The van der Waals surface area contributed by atoms with Gasteiger partial charge in [-0.2, -0.15) is 0 Å². The highest BCUT2D eigenvalue weighted by atomic mass is 16.4. The van der Waals surface area contributed by atoms with Crippen LogP contribution in [0.4, 0.5) is 0 Å². The van der Waals surface area contributed by atoms with Gasteiger partial charge in [-0.3, -0.25) is 4.79 Å². The van der Waals surface area contributed by atoms with Crippen LogP contribution < -0.4 is 5.32 Å². The Labute approximate surface area is 121 Å². The molecule has 0 radical (unpaired) electrons. The summed E-state index contributed by atoms with van der Waals surface area (Å²) in [7, 11) is 1.61. The summed E-state index contributed by atoms with van der Waals surface area (Å²) < 4.78 is 1.99. The molecule has 110 valence electrons. The van der Waals surface area contributed by atoms with E-state index in [1.807, 2.05) is 10.6 Å². The summed E-state index contributed by atoms with van der Waals surface area (Å²) in [6.07, 6.45) is 2.51. The molecule has 1 heterocycles. The fourth-order valence-electron chi connectivity index (χ4n) is 2.56. The Morgan fingerprint density at radius 2 is 2.19 bits per heavy atom. The van der Waals surface area contributed by atoms with Crippen LogP contribution in [0.15, 0.2) is 18.2 Å². The van der Waals surface area contributed by atoms with Crippen molar-refractivity contribution in [1.82, 2.24) is 14.9 Å². The fourth-order valence-corrected chi connectivity index (χ4v) is 2.56. The van der Waals surface area contributed by atoms with Gasteiger partial charge in [-0.15, -0.1) is 0 Å². The maximum absolute atomic E-state index is 11.5. The van der Waals surface area contributed by atoms with Crippen molar-refractivity contribution in [3.05, 3.63) is 29.6 Å². The molecule has 2 aromatic rings. The van der Waals surface area contributed by atoms with Crippen LogP contribution in [0.2, 0.25) is 0 Å². The van der Waals surface area contributed by atoms with Gasteiger partial charge in [0.15, 0.2) is 0 Å². The van der Waals surface area contributed by atoms with Crippen molar-refractivity contribution in [3.63, 3.8) is 0 Å². The number of rotatable bonds is 5. The molecule has 6 nitrogen and oxygen atoms in total. The second-order valence-corrected chi connectivity index (χ2v) is 5.30. The normalized spacial score (nSPS) is 14.3. The zero-order valence-electron chi connectivity index (χ0n) is 11.8. The molecule has 1 amide bonds. The molecule has 2 N–H and O–H groups in total. The number of aryl methyl sites for hydroxylation is 1. The van der Waals surface area contributed by atoms with Crippen molar-refractivity contribution >= 4 is 22.9 Å². The van der Waals surface area contributed by atoms with Crippen molar-refractivity contribution in [2.24, 2.45) is 0 Å². The van der Waals surface area contributed by atoms with Crippen molar-refractivity contribution in [3.8, 4) is 0 Å². The highest BCUT2D eigenvalue weighted by molar-refractivity contribution is 6.01. The molecule has 1 aromatic carbocycles. The van der Waals surface area contributed by atoms with E-state index >= 15 is 0 Å². The molecule has 0 bridgehead atoms. The van der Waals surface area contributed by atoms with Crippen molar-refractivity contribution in [2.75, 3.05) is 7.05 Å². The lowest BCUT2D eigenvalue weighted by molar-refractivity contribution is -0.120. The molecule has 1 aliphatic rings. The third-order valence-electron chi connectivity index (χ3n) is 3.82. The predicted molar refractivity (Wildman–Crippen MR) is 77.4 cm³/mol. The quantitative estimate of drug-likeness (QED) is 0.877. The molecule has 0 aliphatic heterocycles. The van der Waals surface area contributed by atoms with E-state index in [4.69, 9.17) is 0 Å². The average Bonchev–Trinajstić information content (AvgIpc) is 3.25. The van der Waals surface area contributed by atoms with Gasteiger partial charge < -0.3 is 15.0 Å². The summed E-state index contributed by atoms with van der Waals surface area (Å²) in [4.78, 5) is 27.3. The first kappa shape index (κ1) is 13.6. The second kappa shape index (κ2) is 5.20. The van der Waals surface area contributed by atoms with Crippen LogP contribution in [-0.4, -0.2) is 33.6 Å². The van der Waals surface area contributed by atoms with Gasteiger partial charge in [0.2, 0.25) is 5.91 Å². The summed E-state index contributed by atoms with van der Waals surface area (Å²) >= 11 is 0. The Kier molecular flexibility index (Phi) is 3.37. The zero-order valence-corrected chi connectivity index (χ0v) is 11.8. The standard InChI is InChI=1S/C15H17N3O3/c1-16-12(19)7-8-18-11-4-2-3-10(15(20)21)13(11)17-14(18)9-5-6-9/h2-4,9H,5-8H2,1H3,(H,16,19)(H,20,21). The fraction of sp³-hybridized carbons (Fsp3) is 0.400. The van der Waals surface area contributed by atoms with Gasteiger partial charge in [-0.25, -0.2) is 9.78 Å². The number of carboxylic acids is 1. The van der Waals surface area contributed by atoms with E-state index in [9.17, 15) is 14.7 Å². The van der Waals surface area contributed by atoms with Gasteiger partial charge in [-0.1, -0.05) is 6.07 Å². The molecule has 1 aromatic heterocycles. The molecule has 6 heteroatoms. The summed E-state index contributed by atoms with van der Waals surface area (Å²) in [5.41, 5.74) is 1.53. The molecule has 1 fully saturated rings. The Bertz CT molecular complexity index is 716. The van der Waals surface area contributed by atoms with Crippen molar-refractivity contribution < 1.29 is 14.7 Å². The highest BCUT2D eigenvalue weighted by Gasteiger charge is 2.30. The molecule has 0 saturated heterocycles. The van der Waals surface area contributed by atoms with E-state index in [0.29, 0.717) is 24.4 Å². The minimum Gasteiger partial charge on any atom is -0.478 e. The molecular weight excluding hydrogens is 270 g/mol. The van der Waals surface area contributed by atoms with Gasteiger partial charge >= 0.3 is 5.97 Å². The lowest BCUT2D eigenvalue weighted by Gasteiger charge is -2.08. The number of fused-ring (bicyclic) bond motifs is 1. The number of nitrogens with one attached hydrogen (secondary N) is 1. The number of carboxylic acid groups (broad SMARTS) is 1. The lowest BCUT2D eigenvalue weighted by atomic mass is 10.2. The summed E-state index contributed by atoms with van der Waals surface area (Å²) in [6.45, 7) is 0.519. The number of hydrogen-bond acceptors (Lipinski definition) is 3. The first-order valence-corrected chi connectivity index (χ1v) is 7.05. The third kappa shape index (κ3) is 2.49. The average molecular weight is 287 g/mol. The largest absolute Gasteiger partial charge is 0.478 e. The molecule has 1 aliphatic carbocycles. The van der Waals surface area contributed by atoms with E-state index in [1.54, 1.807) is 19.2 Å². The number of carbonyl (C=O) groups is 2. The summed E-state index contributed by atoms with van der Waals surface area (Å²) in [6, 6.07) is 5.16. The number of para-hydroxylation sites is 1. The Hall–Kier alpha value is -2.37. The van der Waals surface area contributed by atoms with Crippen LogP contribution in [-0.2, 0) is 11.3 Å². The second-order valence-electron chi connectivity index (χ2n) is 5.30. The molecule has 0 unspecified atom stereocenters. The molecule has 3 rings (SSSR count). The van der Waals surface area contributed by atoms with Crippen LogP contribution >= 0.6 is 0 Å². The monoisotopic (exact) mass is 287 g/mol. The predicted octanol–water partition coefficient (Wildman–Crippen LogP) is 1.75. The van der Waals surface area contributed by atoms with Gasteiger partial charge in [-0.05, 0) is 25.0 Å². The maximum Gasteiger partial charge on any atom is 0.337 e. The number of amides is 1. The zero-order chi connectivity index (χ0) is 15.0. The van der Waals surface area contributed by atoms with E-state index in [2.05, 4.69) is 10.3 Å². The number of benzene rings is 1. The molecule has 21 heavy (non-hydrogen) atoms. The van der Waals surface area contributed by atoms with Crippen molar-refractivity contribution in [1.29, 1.82) is 0 Å². The number of aromatic nitrogens is 2. The van der Waals surface area contributed by atoms with E-state index in [0.717, 1.165) is 24.2 Å². The Morgan fingerprint density at radius 3 is 2.81 bits per heavy atom. The minimum absolute atomic E-state index is 0.0343. The van der Waals surface area contributed by atoms with Crippen LogP contribution in [0.3, 0.4) is 0 Å². The molecule has 1 saturated carbocycles. The maximum atomic E-state index is 11.5.